The number of hydrogen-bond acceptors (Lipinski definition) is 6. The van der Waals surface area contributed by atoms with Crippen molar-refractivity contribution >= 4 is 23.1 Å². The van der Waals surface area contributed by atoms with E-state index in [-0.39, 0.29) is 22.9 Å². The standard InChI is InChI=1S/C22H18N2O5/c1-13(25)23-16-8-6-14(7-9-16)21(26)18-10-11-19(29-2)20(22(18)27)15-4-3-5-17(12-15)24-28/h3-12,27H,1-2H3,(H,23,25). The fourth-order valence-electron chi connectivity index (χ4n) is 2.99. The average Bonchev–Trinajstić information content (AvgIpc) is 2.73. The van der Waals surface area contributed by atoms with E-state index >= 15 is 0 Å². The van der Waals surface area contributed by atoms with Gasteiger partial charge < -0.3 is 15.2 Å². The van der Waals surface area contributed by atoms with Crippen molar-refractivity contribution in [2.45, 2.75) is 6.92 Å². The zero-order chi connectivity index (χ0) is 21.0. The first-order valence-electron chi connectivity index (χ1n) is 8.70. The molecule has 0 aliphatic carbocycles. The highest BCUT2D eigenvalue weighted by Gasteiger charge is 2.21. The van der Waals surface area contributed by atoms with Crippen molar-refractivity contribution in [1.82, 2.24) is 0 Å². The highest BCUT2D eigenvalue weighted by Crippen LogP contribution is 2.41. The Kier molecular flexibility index (Phi) is 5.69. The van der Waals surface area contributed by atoms with Crippen molar-refractivity contribution in [2.75, 3.05) is 12.4 Å². The number of rotatable bonds is 6. The van der Waals surface area contributed by atoms with Crippen LogP contribution in [0.25, 0.3) is 11.1 Å². The van der Waals surface area contributed by atoms with Crippen molar-refractivity contribution in [1.29, 1.82) is 0 Å². The molecule has 0 spiro atoms. The molecule has 146 valence electrons. The molecule has 3 aromatic rings. The van der Waals surface area contributed by atoms with Gasteiger partial charge >= 0.3 is 0 Å². The van der Waals surface area contributed by atoms with Gasteiger partial charge in [-0.2, -0.15) is 0 Å². The number of benzene rings is 3. The minimum absolute atomic E-state index is 0.0811. The summed E-state index contributed by atoms with van der Waals surface area (Å²) in [6, 6.07) is 15.7. The Balaban J connectivity index is 2.05. The van der Waals surface area contributed by atoms with E-state index in [0.29, 0.717) is 28.1 Å². The average molecular weight is 390 g/mol. The van der Waals surface area contributed by atoms with Gasteiger partial charge in [0, 0.05) is 18.2 Å². The molecule has 2 N–H and O–H groups in total. The van der Waals surface area contributed by atoms with Crippen LogP contribution in [-0.2, 0) is 4.79 Å². The third-order valence-corrected chi connectivity index (χ3v) is 4.31. The molecule has 0 fully saturated rings. The highest BCUT2D eigenvalue weighted by atomic mass is 16.5. The van der Waals surface area contributed by atoms with Gasteiger partial charge in [0.25, 0.3) is 0 Å². The lowest BCUT2D eigenvalue weighted by Gasteiger charge is -2.14. The van der Waals surface area contributed by atoms with Gasteiger partial charge in [-0.25, -0.2) is 0 Å². The van der Waals surface area contributed by atoms with Crippen molar-refractivity contribution in [2.24, 2.45) is 5.18 Å². The minimum atomic E-state index is -0.398. The monoisotopic (exact) mass is 390 g/mol. The van der Waals surface area contributed by atoms with E-state index in [1.807, 2.05) is 0 Å². The summed E-state index contributed by atoms with van der Waals surface area (Å²) in [6.07, 6.45) is 0. The van der Waals surface area contributed by atoms with Crippen LogP contribution in [0.2, 0.25) is 0 Å². The molecule has 0 radical (unpaired) electrons. The first-order chi connectivity index (χ1) is 13.9. The van der Waals surface area contributed by atoms with Gasteiger partial charge in [-0.05, 0) is 59.3 Å². The van der Waals surface area contributed by atoms with Crippen molar-refractivity contribution in [3.63, 3.8) is 0 Å². The van der Waals surface area contributed by atoms with Crippen LogP contribution in [0.15, 0.2) is 65.8 Å². The number of nitrogens with zero attached hydrogens (tertiary/aromatic N) is 1. The summed E-state index contributed by atoms with van der Waals surface area (Å²) in [5.41, 5.74) is 1.96. The number of phenols is 1. The van der Waals surface area contributed by atoms with E-state index in [4.69, 9.17) is 4.74 Å². The van der Waals surface area contributed by atoms with Gasteiger partial charge in [0.1, 0.15) is 17.2 Å². The number of nitroso groups, excluding NO2 is 1. The summed E-state index contributed by atoms with van der Waals surface area (Å²) < 4.78 is 5.33. The van der Waals surface area contributed by atoms with Gasteiger partial charge in [-0.1, -0.05) is 12.1 Å². The number of aromatic hydroxyl groups is 1. The molecule has 3 rings (SSSR count). The molecule has 0 heterocycles. The Hall–Kier alpha value is -4.00. The molecule has 0 aliphatic rings. The quantitative estimate of drug-likeness (QED) is 0.471. The van der Waals surface area contributed by atoms with Crippen LogP contribution in [-0.4, -0.2) is 23.9 Å². The first-order valence-corrected chi connectivity index (χ1v) is 8.70. The second kappa shape index (κ2) is 8.35. The molecule has 29 heavy (non-hydrogen) atoms. The highest BCUT2D eigenvalue weighted by molar-refractivity contribution is 6.12. The molecule has 1 amide bonds. The summed E-state index contributed by atoms with van der Waals surface area (Å²) in [4.78, 5) is 34.9. The predicted octanol–water partition coefficient (Wildman–Crippen LogP) is 4.66. The summed E-state index contributed by atoms with van der Waals surface area (Å²) in [7, 11) is 1.45. The molecular weight excluding hydrogens is 372 g/mol. The maximum absolute atomic E-state index is 13.0. The number of hydrogen-bond donors (Lipinski definition) is 2. The van der Waals surface area contributed by atoms with E-state index in [2.05, 4.69) is 10.5 Å². The van der Waals surface area contributed by atoms with Crippen LogP contribution in [0.4, 0.5) is 11.4 Å². The van der Waals surface area contributed by atoms with Gasteiger partial charge in [0.15, 0.2) is 5.78 Å². The first kappa shape index (κ1) is 19.8. The van der Waals surface area contributed by atoms with Crippen LogP contribution >= 0.6 is 0 Å². The number of ether oxygens (including phenoxy) is 1. The molecular formula is C22H18N2O5. The Morgan fingerprint density at radius 2 is 1.76 bits per heavy atom. The number of phenolic OH excluding ortho intramolecular Hbond substituents is 1. The SMILES string of the molecule is COc1ccc(C(=O)c2ccc(NC(C)=O)cc2)c(O)c1-c1cccc(N=O)c1. The molecule has 0 aliphatic heterocycles. The lowest BCUT2D eigenvalue weighted by atomic mass is 9.95. The summed E-state index contributed by atoms with van der Waals surface area (Å²) >= 11 is 0. The number of carbonyl (C=O) groups excluding carboxylic acids is 2. The number of ketones is 1. The van der Waals surface area contributed by atoms with Crippen LogP contribution in [0.1, 0.15) is 22.8 Å². The predicted molar refractivity (Wildman–Crippen MR) is 110 cm³/mol. The maximum atomic E-state index is 13.0. The molecule has 0 aromatic heterocycles. The topological polar surface area (TPSA) is 105 Å². The number of nitrogens with one attached hydrogen (secondary N) is 1. The number of carbonyl (C=O) groups is 2. The Morgan fingerprint density at radius 1 is 1.03 bits per heavy atom. The fraction of sp³-hybridized carbons (Fsp3) is 0.0909. The Labute approximate surface area is 166 Å². The number of anilines is 1. The van der Waals surface area contributed by atoms with E-state index in [1.165, 1.54) is 32.2 Å². The normalized spacial score (nSPS) is 10.3. The zero-order valence-corrected chi connectivity index (χ0v) is 15.8. The van der Waals surface area contributed by atoms with Crippen LogP contribution in [0.3, 0.4) is 0 Å². The van der Waals surface area contributed by atoms with Crippen LogP contribution in [0.5, 0.6) is 11.5 Å². The summed E-state index contributed by atoms with van der Waals surface area (Å²) in [6.45, 7) is 1.39. The van der Waals surface area contributed by atoms with Crippen LogP contribution in [0, 0.1) is 4.91 Å². The molecule has 0 bridgehead atoms. The Bertz CT molecular complexity index is 1090. The van der Waals surface area contributed by atoms with Gasteiger partial charge in [-0.3, -0.25) is 9.59 Å². The number of amides is 1. The summed E-state index contributed by atoms with van der Waals surface area (Å²) in [5.74, 6) is -0.523. The van der Waals surface area contributed by atoms with Gasteiger partial charge in [-0.15, -0.1) is 4.91 Å². The maximum Gasteiger partial charge on any atom is 0.221 e. The smallest absolute Gasteiger partial charge is 0.221 e. The van der Waals surface area contributed by atoms with Gasteiger partial charge in [0.05, 0.1) is 18.2 Å². The molecule has 0 atom stereocenters. The molecule has 0 saturated heterocycles. The van der Waals surface area contributed by atoms with Crippen molar-refractivity contribution < 1.29 is 19.4 Å². The summed E-state index contributed by atoms with van der Waals surface area (Å²) in [5, 5.41) is 16.4. The van der Waals surface area contributed by atoms with Crippen LogP contribution < -0.4 is 10.1 Å². The molecule has 3 aromatic carbocycles. The van der Waals surface area contributed by atoms with Crippen molar-refractivity contribution in [3.8, 4) is 22.6 Å². The molecule has 0 saturated carbocycles. The lowest BCUT2D eigenvalue weighted by Crippen LogP contribution is -2.07. The third-order valence-electron chi connectivity index (χ3n) is 4.31. The molecule has 7 nitrogen and oxygen atoms in total. The van der Waals surface area contributed by atoms with Crippen molar-refractivity contribution in [3.05, 3.63) is 76.7 Å². The Morgan fingerprint density at radius 3 is 2.38 bits per heavy atom. The minimum Gasteiger partial charge on any atom is -0.506 e. The van der Waals surface area contributed by atoms with Gasteiger partial charge in [0.2, 0.25) is 5.91 Å². The number of methoxy groups -OCH3 is 1. The fourth-order valence-corrected chi connectivity index (χ4v) is 2.99. The van der Waals surface area contributed by atoms with E-state index in [0.717, 1.165) is 0 Å². The van der Waals surface area contributed by atoms with E-state index < -0.39 is 5.78 Å². The molecule has 7 heteroatoms. The third kappa shape index (κ3) is 4.14. The largest absolute Gasteiger partial charge is 0.506 e. The lowest BCUT2D eigenvalue weighted by molar-refractivity contribution is -0.114. The van der Waals surface area contributed by atoms with E-state index in [9.17, 15) is 19.6 Å². The second-order valence-electron chi connectivity index (χ2n) is 6.27. The molecule has 0 unspecified atom stereocenters. The second-order valence-corrected chi connectivity index (χ2v) is 6.27. The van der Waals surface area contributed by atoms with E-state index in [1.54, 1.807) is 42.5 Å². The zero-order valence-electron chi connectivity index (χ0n) is 15.8.